The second kappa shape index (κ2) is 4.77. The molecule has 1 aromatic heterocycles. The van der Waals surface area contributed by atoms with Gasteiger partial charge >= 0.3 is 5.97 Å². The Balaban J connectivity index is 2.77. The molecule has 1 heterocycles. The Morgan fingerprint density at radius 2 is 2.20 bits per heavy atom. The van der Waals surface area contributed by atoms with Gasteiger partial charge in [-0.1, -0.05) is 6.07 Å². The van der Waals surface area contributed by atoms with Gasteiger partial charge < -0.3 is 9.30 Å². The number of esters is 1. The fourth-order valence-electron chi connectivity index (χ4n) is 1.22. The fourth-order valence-corrected chi connectivity index (χ4v) is 1.22. The molecule has 0 bridgehead atoms. The summed E-state index contributed by atoms with van der Waals surface area (Å²) in [7, 11) is 0. The van der Waals surface area contributed by atoms with E-state index in [2.05, 4.69) is 0 Å². The van der Waals surface area contributed by atoms with Crippen LogP contribution in [0.5, 0.6) is 0 Å². The van der Waals surface area contributed by atoms with Gasteiger partial charge in [-0.05, 0) is 26.8 Å². The van der Waals surface area contributed by atoms with Crippen molar-refractivity contribution in [1.82, 2.24) is 4.57 Å². The third-order valence-electron chi connectivity index (χ3n) is 1.88. The molecule has 4 nitrogen and oxygen atoms in total. The summed E-state index contributed by atoms with van der Waals surface area (Å²) in [6.45, 7) is 5.24. The minimum Gasteiger partial charge on any atom is -0.462 e. The average molecular weight is 209 g/mol. The zero-order valence-electron chi connectivity index (χ0n) is 9.19. The molecule has 4 heteroatoms. The van der Waals surface area contributed by atoms with E-state index in [4.69, 9.17) is 4.74 Å². The van der Waals surface area contributed by atoms with Crippen LogP contribution >= 0.6 is 0 Å². The molecule has 0 aromatic carbocycles. The van der Waals surface area contributed by atoms with Gasteiger partial charge in [0, 0.05) is 11.8 Å². The van der Waals surface area contributed by atoms with Crippen molar-refractivity contribution in [2.24, 2.45) is 0 Å². The highest BCUT2D eigenvalue weighted by molar-refractivity contribution is 5.69. The molecule has 0 radical (unpaired) electrons. The van der Waals surface area contributed by atoms with Crippen LogP contribution in [0.25, 0.3) is 0 Å². The van der Waals surface area contributed by atoms with E-state index in [0.717, 1.165) is 0 Å². The Morgan fingerprint density at radius 1 is 1.53 bits per heavy atom. The van der Waals surface area contributed by atoms with Crippen LogP contribution in [0.15, 0.2) is 23.1 Å². The molecule has 0 saturated carbocycles. The molecular weight excluding hydrogens is 194 g/mol. The molecule has 0 fully saturated rings. The van der Waals surface area contributed by atoms with Gasteiger partial charge in [0.05, 0.1) is 6.10 Å². The fraction of sp³-hybridized carbons (Fsp3) is 0.455. The van der Waals surface area contributed by atoms with Gasteiger partial charge in [0.25, 0.3) is 5.56 Å². The summed E-state index contributed by atoms with van der Waals surface area (Å²) in [6.07, 6.45) is 1.43. The van der Waals surface area contributed by atoms with Crippen LogP contribution < -0.4 is 5.56 Å². The summed E-state index contributed by atoms with van der Waals surface area (Å²) in [6, 6.07) is 3.45. The lowest BCUT2D eigenvalue weighted by molar-refractivity contribution is -0.148. The van der Waals surface area contributed by atoms with Crippen LogP contribution in [-0.2, 0) is 16.1 Å². The van der Waals surface area contributed by atoms with Gasteiger partial charge in [-0.25, -0.2) is 0 Å². The first kappa shape index (κ1) is 11.5. The predicted molar refractivity (Wildman–Crippen MR) is 56.7 cm³/mol. The topological polar surface area (TPSA) is 48.3 Å². The van der Waals surface area contributed by atoms with Crippen LogP contribution in [0.1, 0.15) is 19.4 Å². The zero-order valence-corrected chi connectivity index (χ0v) is 9.19. The Morgan fingerprint density at radius 3 is 2.80 bits per heavy atom. The quantitative estimate of drug-likeness (QED) is 0.700. The van der Waals surface area contributed by atoms with Gasteiger partial charge in [0.2, 0.25) is 0 Å². The van der Waals surface area contributed by atoms with E-state index in [-0.39, 0.29) is 18.2 Å². The number of carbonyl (C=O) groups is 1. The summed E-state index contributed by atoms with van der Waals surface area (Å²) >= 11 is 0. The molecular formula is C11H15NO3. The molecule has 82 valence electrons. The first-order valence-electron chi connectivity index (χ1n) is 4.86. The molecule has 1 rings (SSSR count). The Hall–Kier alpha value is -1.58. The van der Waals surface area contributed by atoms with Crippen LogP contribution in [0.2, 0.25) is 0 Å². The van der Waals surface area contributed by atoms with E-state index >= 15 is 0 Å². The Labute approximate surface area is 88.5 Å². The highest BCUT2D eigenvalue weighted by Crippen LogP contribution is 1.93. The molecule has 0 aliphatic heterocycles. The number of pyridine rings is 1. The van der Waals surface area contributed by atoms with Gasteiger partial charge in [0.15, 0.2) is 0 Å². The van der Waals surface area contributed by atoms with E-state index in [1.165, 1.54) is 4.57 Å². The second-order valence-corrected chi connectivity index (χ2v) is 3.66. The largest absolute Gasteiger partial charge is 0.462 e. The normalized spacial score (nSPS) is 10.4. The zero-order chi connectivity index (χ0) is 11.4. The van der Waals surface area contributed by atoms with Crippen LogP contribution in [0.4, 0.5) is 0 Å². The van der Waals surface area contributed by atoms with Gasteiger partial charge in [-0.2, -0.15) is 0 Å². The predicted octanol–water partition coefficient (Wildman–Crippen LogP) is 1.11. The first-order chi connectivity index (χ1) is 7.00. The van der Waals surface area contributed by atoms with Crippen molar-refractivity contribution < 1.29 is 9.53 Å². The average Bonchev–Trinajstić information content (AvgIpc) is 2.11. The molecule has 0 atom stereocenters. The van der Waals surface area contributed by atoms with E-state index in [1.807, 2.05) is 0 Å². The van der Waals surface area contributed by atoms with Crippen molar-refractivity contribution in [2.45, 2.75) is 33.4 Å². The van der Waals surface area contributed by atoms with Crippen LogP contribution in [0.3, 0.4) is 0 Å². The molecule has 0 N–H and O–H groups in total. The highest BCUT2D eigenvalue weighted by Gasteiger charge is 2.07. The Bertz CT molecular complexity index is 407. The lowest BCUT2D eigenvalue weighted by Gasteiger charge is -2.09. The molecule has 15 heavy (non-hydrogen) atoms. The molecule has 0 aliphatic carbocycles. The van der Waals surface area contributed by atoms with E-state index in [9.17, 15) is 9.59 Å². The first-order valence-corrected chi connectivity index (χ1v) is 4.86. The maximum absolute atomic E-state index is 11.5. The monoisotopic (exact) mass is 209 g/mol. The highest BCUT2D eigenvalue weighted by atomic mass is 16.5. The van der Waals surface area contributed by atoms with Crippen molar-refractivity contribution in [3.63, 3.8) is 0 Å². The maximum atomic E-state index is 11.5. The number of nitrogens with zero attached hydrogens (tertiary/aromatic N) is 1. The maximum Gasteiger partial charge on any atom is 0.326 e. The van der Waals surface area contributed by atoms with E-state index in [0.29, 0.717) is 5.56 Å². The van der Waals surface area contributed by atoms with Crippen LogP contribution in [0, 0.1) is 6.92 Å². The number of ether oxygens (including phenoxy) is 1. The van der Waals surface area contributed by atoms with Gasteiger partial charge in [-0.15, -0.1) is 0 Å². The summed E-state index contributed by atoms with van der Waals surface area (Å²) in [5.74, 6) is -0.391. The standard InChI is InChI=1S/C11H15NO3/c1-8(2)15-10(13)7-12-6-4-5-9(3)11(12)14/h4-6,8H,7H2,1-3H3. The van der Waals surface area contributed by atoms with Gasteiger partial charge in [-0.3, -0.25) is 9.59 Å². The smallest absolute Gasteiger partial charge is 0.326 e. The molecule has 0 saturated heterocycles. The minimum atomic E-state index is -0.391. The SMILES string of the molecule is Cc1cccn(CC(=O)OC(C)C)c1=O. The van der Waals surface area contributed by atoms with Gasteiger partial charge in [0.1, 0.15) is 6.54 Å². The second-order valence-electron chi connectivity index (χ2n) is 3.66. The van der Waals surface area contributed by atoms with Crippen molar-refractivity contribution in [3.05, 3.63) is 34.2 Å². The molecule has 1 aromatic rings. The number of hydrogen-bond acceptors (Lipinski definition) is 3. The van der Waals surface area contributed by atoms with Crippen molar-refractivity contribution in [2.75, 3.05) is 0 Å². The van der Waals surface area contributed by atoms with Crippen molar-refractivity contribution in [1.29, 1.82) is 0 Å². The summed E-state index contributed by atoms with van der Waals surface area (Å²) < 4.78 is 6.30. The molecule has 0 aliphatic rings. The molecule has 0 unspecified atom stereocenters. The number of rotatable bonds is 3. The van der Waals surface area contributed by atoms with E-state index < -0.39 is 5.97 Å². The van der Waals surface area contributed by atoms with Crippen molar-refractivity contribution in [3.8, 4) is 0 Å². The number of carbonyl (C=O) groups excluding carboxylic acids is 1. The van der Waals surface area contributed by atoms with Crippen molar-refractivity contribution >= 4 is 5.97 Å². The lowest BCUT2D eigenvalue weighted by atomic mass is 10.3. The number of aryl methyl sites for hydroxylation is 1. The Kier molecular flexibility index (Phi) is 3.66. The summed E-state index contributed by atoms with van der Waals surface area (Å²) in [5.41, 5.74) is 0.466. The summed E-state index contributed by atoms with van der Waals surface area (Å²) in [4.78, 5) is 22.8. The van der Waals surface area contributed by atoms with E-state index in [1.54, 1.807) is 39.1 Å². The lowest BCUT2D eigenvalue weighted by Crippen LogP contribution is -2.27. The third-order valence-corrected chi connectivity index (χ3v) is 1.88. The summed E-state index contributed by atoms with van der Waals surface area (Å²) in [5, 5.41) is 0. The molecule has 0 spiro atoms. The third kappa shape index (κ3) is 3.23. The molecule has 0 amide bonds. The number of aromatic nitrogens is 1. The number of hydrogen-bond donors (Lipinski definition) is 0. The minimum absolute atomic E-state index is 0.0291. The van der Waals surface area contributed by atoms with Crippen LogP contribution in [-0.4, -0.2) is 16.6 Å².